The third-order valence-electron chi connectivity index (χ3n) is 1.86. The predicted molar refractivity (Wildman–Crippen MR) is 57.4 cm³/mol. The Morgan fingerprint density at radius 1 is 1.60 bits per heavy atom. The van der Waals surface area contributed by atoms with Crippen LogP contribution in [0.3, 0.4) is 0 Å². The van der Waals surface area contributed by atoms with Gasteiger partial charge in [0, 0.05) is 23.2 Å². The monoisotopic (exact) mass is 230 g/mol. The summed E-state index contributed by atoms with van der Waals surface area (Å²) < 4.78 is 12.9. The molecule has 1 aromatic carbocycles. The lowest BCUT2D eigenvalue weighted by atomic mass is 10.2. The molecule has 0 saturated carbocycles. The number of amides is 1. The molecule has 0 bridgehead atoms. The summed E-state index contributed by atoms with van der Waals surface area (Å²) >= 11 is 5.62. The average Bonchev–Trinajstić information content (AvgIpc) is 2.16. The zero-order valence-electron chi connectivity index (χ0n) is 8.26. The van der Waals surface area contributed by atoms with E-state index < -0.39 is 5.82 Å². The first-order chi connectivity index (χ1) is 7.02. The molecule has 0 aromatic heterocycles. The summed E-state index contributed by atoms with van der Waals surface area (Å²) in [5, 5.41) is 2.81. The number of nitrogens with two attached hydrogens (primary N) is 1. The van der Waals surface area contributed by atoms with Gasteiger partial charge >= 0.3 is 0 Å². The van der Waals surface area contributed by atoms with Crippen molar-refractivity contribution in [3.05, 3.63) is 34.6 Å². The number of benzene rings is 1. The van der Waals surface area contributed by atoms with Crippen LogP contribution in [0.2, 0.25) is 5.02 Å². The summed E-state index contributed by atoms with van der Waals surface area (Å²) in [6.07, 6.45) is 0. The van der Waals surface area contributed by atoms with E-state index in [9.17, 15) is 9.18 Å². The molecule has 1 amide bonds. The molecule has 0 aliphatic rings. The summed E-state index contributed by atoms with van der Waals surface area (Å²) in [4.78, 5) is 11.5. The molecule has 0 fully saturated rings. The van der Waals surface area contributed by atoms with Gasteiger partial charge in [0.05, 0.1) is 0 Å². The fourth-order valence-electron chi connectivity index (χ4n) is 1.05. The Bertz CT molecular complexity index is 350. The second-order valence-electron chi connectivity index (χ2n) is 3.27. The summed E-state index contributed by atoms with van der Waals surface area (Å²) in [7, 11) is 0. The molecule has 82 valence electrons. The average molecular weight is 231 g/mol. The van der Waals surface area contributed by atoms with Gasteiger partial charge in [0.1, 0.15) is 5.82 Å². The van der Waals surface area contributed by atoms with Crippen molar-refractivity contribution in [1.29, 1.82) is 0 Å². The third kappa shape index (κ3) is 3.49. The van der Waals surface area contributed by atoms with Gasteiger partial charge in [0.25, 0.3) is 5.91 Å². The highest BCUT2D eigenvalue weighted by atomic mass is 35.5. The molecular formula is C10H12ClFN2O. The van der Waals surface area contributed by atoms with Crippen LogP contribution in [0.5, 0.6) is 0 Å². The molecule has 3 nitrogen and oxygen atoms in total. The van der Waals surface area contributed by atoms with Gasteiger partial charge in [-0.1, -0.05) is 11.6 Å². The third-order valence-corrected chi connectivity index (χ3v) is 2.07. The molecule has 0 aliphatic carbocycles. The summed E-state index contributed by atoms with van der Waals surface area (Å²) in [6, 6.07) is 3.53. The van der Waals surface area contributed by atoms with Crippen molar-refractivity contribution in [2.75, 3.05) is 6.54 Å². The molecule has 0 aliphatic heterocycles. The molecule has 0 spiro atoms. The Morgan fingerprint density at radius 2 is 2.27 bits per heavy atom. The van der Waals surface area contributed by atoms with E-state index in [1.165, 1.54) is 6.07 Å². The summed E-state index contributed by atoms with van der Waals surface area (Å²) in [5.74, 6) is -0.914. The van der Waals surface area contributed by atoms with Gasteiger partial charge in [0.2, 0.25) is 0 Å². The van der Waals surface area contributed by atoms with Crippen LogP contribution >= 0.6 is 11.6 Å². The SMILES string of the molecule is C[C@H](CN)NC(=O)c1cc(F)cc(Cl)c1. The Balaban J connectivity index is 2.82. The maximum Gasteiger partial charge on any atom is 0.251 e. The predicted octanol–water partition coefficient (Wildman–Crippen LogP) is 1.56. The fraction of sp³-hybridized carbons (Fsp3) is 0.300. The summed E-state index contributed by atoms with van der Waals surface area (Å²) in [6.45, 7) is 2.09. The van der Waals surface area contributed by atoms with Crippen LogP contribution in [0.25, 0.3) is 0 Å². The van der Waals surface area contributed by atoms with E-state index in [1.807, 2.05) is 0 Å². The van der Waals surface area contributed by atoms with E-state index >= 15 is 0 Å². The van der Waals surface area contributed by atoms with Gasteiger partial charge in [0.15, 0.2) is 0 Å². The number of nitrogens with one attached hydrogen (secondary N) is 1. The quantitative estimate of drug-likeness (QED) is 0.828. The Labute approximate surface area is 92.4 Å². The summed E-state index contributed by atoms with van der Waals surface area (Å²) in [5.41, 5.74) is 5.54. The molecule has 1 atom stereocenters. The van der Waals surface area contributed by atoms with Crippen molar-refractivity contribution in [2.45, 2.75) is 13.0 Å². The normalized spacial score (nSPS) is 12.3. The lowest BCUT2D eigenvalue weighted by Gasteiger charge is -2.11. The highest BCUT2D eigenvalue weighted by Gasteiger charge is 2.10. The lowest BCUT2D eigenvalue weighted by Crippen LogP contribution is -2.37. The second kappa shape index (κ2) is 5.09. The molecular weight excluding hydrogens is 219 g/mol. The number of hydrogen-bond donors (Lipinski definition) is 2. The highest BCUT2D eigenvalue weighted by Crippen LogP contribution is 2.14. The molecule has 0 saturated heterocycles. The van der Waals surface area contributed by atoms with Crippen LogP contribution in [0.4, 0.5) is 4.39 Å². The number of rotatable bonds is 3. The zero-order chi connectivity index (χ0) is 11.4. The molecule has 3 N–H and O–H groups in total. The van der Waals surface area contributed by atoms with Gasteiger partial charge in [-0.15, -0.1) is 0 Å². The Hall–Kier alpha value is -1.13. The van der Waals surface area contributed by atoms with Gasteiger partial charge < -0.3 is 11.1 Å². The minimum atomic E-state index is -0.534. The van der Waals surface area contributed by atoms with Crippen LogP contribution in [0.1, 0.15) is 17.3 Å². The number of carbonyl (C=O) groups excluding carboxylic acids is 1. The van der Waals surface area contributed by atoms with Gasteiger partial charge in [-0.25, -0.2) is 4.39 Å². The smallest absolute Gasteiger partial charge is 0.251 e. The Kier molecular flexibility index (Phi) is 4.05. The van der Waals surface area contributed by atoms with Gasteiger partial charge in [-0.3, -0.25) is 4.79 Å². The maximum atomic E-state index is 12.9. The Morgan fingerprint density at radius 3 is 2.80 bits per heavy atom. The topological polar surface area (TPSA) is 55.1 Å². The van der Waals surface area contributed by atoms with Crippen molar-refractivity contribution >= 4 is 17.5 Å². The number of halogens is 2. The van der Waals surface area contributed by atoms with E-state index in [0.717, 1.165) is 12.1 Å². The van der Waals surface area contributed by atoms with Crippen molar-refractivity contribution in [3.63, 3.8) is 0 Å². The van der Waals surface area contributed by atoms with Crippen LogP contribution in [0.15, 0.2) is 18.2 Å². The number of carbonyl (C=O) groups is 1. The van der Waals surface area contributed by atoms with Crippen LogP contribution in [-0.2, 0) is 0 Å². The molecule has 1 rings (SSSR count). The first-order valence-electron chi connectivity index (χ1n) is 4.50. The first kappa shape index (κ1) is 11.9. The van der Waals surface area contributed by atoms with E-state index in [4.69, 9.17) is 17.3 Å². The van der Waals surface area contributed by atoms with Crippen molar-refractivity contribution in [3.8, 4) is 0 Å². The largest absolute Gasteiger partial charge is 0.348 e. The van der Waals surface area contributed by atoms with Crippen LogP contribution in [0, 0.1) is 5.82 Å². The highest BCUT2D eigenvalue weighted by molar-refractivity contribution is 6.31. The molecule has 15 heavy (non-hydrogen) atoms. The zero-order valence-corrected chi connectivity index (χ0v) is 9.01. The minimum absolute atomic E-state index is 0.153. The minimum Gasteiger partial charge on any atom is -0.348 e. The number of hydrogen-bond acceptors (Lipinski definition) is 2. The fourth-order valence-corrected chi connectivity index (χ4v) is 1.27. The standard InChI is InChI=1S/C10H12ClFN2O/c1-6(5-13)14-10(15)7-2-8(11)4-9(12)3-7/h2-4,6H,5,13H2,1H3,(H,14,15)/t6-/m1/s1. The van der Waals surface area contributed by atoms with E-state index in [2.05, 4.69) is 5.32 Å². The molecule has 0 heterocycles. The molecule has 0 unspecified atom stereocenters. The van der Waals surface area contributed by atoms with Crippen LogP contribution < -0.4 is 11.1 Å². The maximum absolute atomic E-state index is 12.9. The van der Waals surface area contributed by atoms with Crippen molar-refractivity contribution in [2.24, 2.45) is 5.73 Å². The van der Waals surface area contributed by atoms with E-state index in [1.54, 1.807) is 6.92 Å². The van der Waals surface area contributed by atoms with Gasteiger partial charge in [-0.2, -0.15) is 0 Å². The van der Waals surface area contributed by atoms with E-state index in [-0.39, 0.29) is 22.5 Å². The molecule has 5 heteroatoms. The van der Waals surface area contributed by atoms with Crippen molar-refractivity contribution < 1.29 is 9.18 Å². The second-order valence-corrected chi connectivity index (χ2v) is 3.70. The van der Waals surface area contributed by atoms with E-state index in [0.29, 0.717) is 6.54 Å². The van der Waals surface area contributed by atoms with Crippen LogP contribution in [-0.4, -0.2) is 18.5 Å². The molecule has 0 radical (unpaired) electrons. The van der Waals surface area contributed by atoms with Crippen molar-refractivity contribution in [1.82, 2.24) is 5.32 Å². The lowest BCUT2D eigenvalue weighted by molar-refractivity contribution is 0.0941. The van der Waals surface area contributed by atoms with Gasteiger partial charge in [-0.05, 0) is 25.1 Å². The first-order valence-corrected chi connectivity index (χ1v) is 4.87. The molecule has 1 aromatic rings.